The first-order valence-corrected chi connectivity index (χ1v) is 7.27. The molecule has 0 aromatic heterocycles. The molecule has 0 unspecified atom stereocenters. The summed E-state index contributed by atoms with van der Waals surface area (Å²) in [6.45, 7) is 0.557. The van der Waals surface area contributed by atoms with Crippen molar-refractivity contribution in [3.8, 4) is 11.5 Å². The maximum absolute atomic E-state index is 6.12. The lowest BCUT2D eigenvalue weighted by molar-refractivity contribution is 0.476. The van der Waals surface area contributed by atoms with Crippen molar-refractivity contribution in [2.75, 3.05) is 6.54 Å². The number of hydrogen-bond acceptors (Lipinski definition) is 2. The molecular weight excluding hydrogens is 349 g/mol. The summed E-state index contributed by atoms with van der Waals surface area (Å²) in [5.74, 6) is 1.26. The molecule has 0 spiro atoms. The topological polar surface area (TPSA) is 35.2 Å². The lowest BCUT2D eigenvalue weighted by Gasteiger charge is -2.12. The maximum atomic E-state index is 6.12. The smallest absolute Gasteiger partial charge is 0.147 e. The molecule has 0 saturated carbocycles. The second-order valence-corrected chi connectivity index (χ2v) is 5.65. The number of halogens is 3. The van der Waals surface area contributed by atoms with Crippen LogP contribution in [0.3, 0.4) is 0 Å². The van der Waals surface area contributed by atoms with Gasteiger partial charge < -0.3 is 10.5 Å². The van der Waals surface area contributed by atoms with E-state index in [9.17, 15) is 0 Å². The summed E-state index contributed by atoms with van der Waals surface area (Å²) in [6, 6.07) is 11.1. The van der Waals surface area contributed by atoms with Crippen LogP contribution in [0.25, 0.3) is 0 Å². The van der Waals surface area contributed by atoms with Crippen LogP contribution in [-0.4, -0.2) is 6.54 Å². The Morgan fingerprint density at radius 1 is 1.11 bits per heavy atom. The molecule has 0 aliphatic rings. The molecule has 19 heavy (non-hydrogen) atoms. The summed E-state index contributed by atoms with van der Waals surface area (Å²) in [6.07, 6.45) is 0.737. The maximum Gasteiger partial charge on any atom is 0.147 e. The molecule has 2 rings (SSSR count). The second kappa shape index (κ2) is 6.62. The number of ether oxygens (including phenoxy) is 1. The Bertz CT molecular complexity index is 590. The first-order valence-electron chi connectivity index (χ1n) is 5.72. The van der Waals surface area contributed by atoms with Crippen molar-refractivity contribution >= 4 is 39.1 Å². The van der Waals surface area contributed by atoms with Gasteiger partial charge in [0.05, 0.1) is 5.02 Å². The fourth-order valence-corrected chi connectivity index (χ4v) is 2.34. The summed E-state index contributed by atoms with van der Waals surface area (Å²) >= 11 is 15.5. The highest BCUT2D eigenvalue weighted by atomic mass is 79.9. The molecule has 0 radical (unpaired) electrons. The van der Waals surface area contributed by atoms with Gasteiger partial charge in [-0.1, -0.05) is 51.3 Å². The van der Waals surface area contributed by atoms with E-state index in [1.165, 1.54) is 0 Å². The molecular formula is C14H12BrCl2NO. The normalized spacial score (nSPS) is 10.5. The molecule has 0 aliphatic carbocycles. The van der Waals surface area contributed by atoms with E-state index in [4.69, 9.17) is 33.7 Å². The predicted molar refractivity (Wildman–Crippen MR) is 83.4 cm³/mol. The van der Waals surface area contributed by atoms with Crippen molar-refractivity contribution in [2.45, 2.75) is 6.42 Å². The number of benzene rings is 2. The second-order valence-electron chi connectivity index (χ2n) is 3.94. The van der Waals surface area contributed by atoms with Crippen molar-refractivity contribution in [3.05, 3.63) is 56.5 Å². The summed E-state index contributed by atoms with van der Waals surface area (Å²) in [5.41, 5.74) is 6.63. The highest BCUT2D eigenvalue weighted by Gasteiger charge is 2.10. The van der Waals surface area contributed by atoms with Gasteiger partial charge in [-0.2, -0.15) is 0 Å². The standard InChI is InChI=1S/C14H12BrCl2NO/c15-10-5-4-9(6-7-18)13(8-10)19-12-3-1-2-11(16)14(12)17/h1-5,8H,6-7,18H2. The zero-order valence-corrected chi connectivity index (χ0v) is 13.1. The molecule has 2 nitrogen and oxygen atoms in total. The Hall–Kier alpha value is -0.740. The van der Waals surface area contributed by atoms with Crippen LogP contribution in [0.5, 0.6) is 11.5 Å². The van der Waals surface area contributed by atoms with Gasteiger partial charge in [-0.05, 0) is 42.8 Å². The van der Waals surface area contributed by atoms with E-state index in [0.29, 0.717) is 22.3 Å². The molecule has 2 N–H and O–H groups in total. The lowest BCUT2D eigenvalue weighted by atomic mass is 10.1. The Morgan fingerprint density at radius 2 is 1.89 bits per heavy atom. The third-order valence-corrected chi connectivity index (χ3v) is 3.87. The van der Waals surface area contributed by atoms with Gasteiger partial charge in [-0.15, -0.1) is 0 Å². The Labute approximate surface area is 130 Å². The van der Waals surface area contributed by atoms with Crippen molar-refractivity contribution in [1.29, 1.82) is 0 Å². The first-order chi connectivity index (χ1) is 9.11. The van der Waals surface area contributed by atoms with Gasteiger partial charge in [-0.3, -0.25) is 0 Å². The van der Waals surface area contributed by atoms with E-state index in [-0.39, 0.29) is 0 Å². The molecule has 5 heteroatoms. The van der Waals surface area contributed by atoms with E-state index in [1.807, 2.05) is 18.2 Å². The van der Waals surface area contributed by atoms with Crippen molar-refractivity contribution in [2.24, 2.45) is 5.73 Å². The lowest BCUT2D eigenvalue weighted by Crippen LogP contribution is -2.04. The van der Waals surface area contributed by atoms with Crippen molar-refractivity contribution in [3.63, 3.8) is 0 Å². The number of nitrogens with two attached hydrogens (primary N) is 1. The van der Waals surface area contributed by atoms with Crippen molar-refractivity contribution < 1.29 is 4.74 Å². The van der Waals surface area contributed by atoms with Crippen LogP contribution in [0.4, 0.5) is 0 Å². The quantitative estimate of drug-likeness (QED) is 0.827. The van der Waals surface area contributed by atoms with Gasteiger partial charge in [0.2, 0.25) is 0 Å². The largest absolute Gasteiger partial charge is 0.455 e. The Morgan fingerprint density at radius 3 is 2.63 bits per heavy atom. The molecule has 2 aromatic carbocycles. The minimum atomic E-state index is 0.405. The summed E-state index contributed by atoms with van der Waals surface area (Å²) in [4.78, 5) is 0. The molecule has 0 aliphatic heterocycles. The van der Waals surface area contributed by atoms with Crippen LogP contribution in [-0.2, 0) is 6.42 Å². The van der Waals surface area contributed by atoms with Crippen LogP contribution < -0.4 is 10.5 Å². The number of hydrogen-bond donors (Lipinski definition) is 1. The minimum Gasteiger partial charge on any atom is -0.455 e. The Kier molecular flexibility index (Phi) is 5.11. The van der Waals surface area contributed by atoms with Crippen LogP contribution in [0.1, 0.15) is 5.56 Å². The molecule has 100 valence electrons. The van der Waals surface area contributed by atoms with E-state index in [0.717, 1.165) is 22.2 Å². The van der Waals surface area contributed by atoms with E-state index < -0.39 is 0 Å². The molecule has 0 fully saturated rings. The zero-order chi connectivity index (χ0) is 13.8. The molecule has 0 saturated heterocycles. The zero-order valence-electron chi connectivity index (χ0n) is 10.00. The van der Waals surface area contributed by atoms with Gasteiger partial charge in [0.25, 0.3) is 0 Å². The van der Waals surface area contributed by atoms with Gasteiger partial charge >= 0.3 is 0 Å². The monoisotopic (exact) mass is 359 g/mol. The summed E-state index contributed by atoms with van der Waals surface area (Å²) < 4.78 is 6.78. The van der Waals surface area contributed by atoms with Gasteiger partial charge in [0.1, 0.15) is 16.5 Å². The molecule has 0 bridgehead atoms. The van der Waals surface area contributed by atoms with E-state index >= 15 is 0 Å². The predicted octanol–water partition coefficient (Wildman–Crippen LogP) is 5.05. The summed E-state index contributed by atoms with van der Waals surface area (Å²) in [5, 5.41) is 0.873. The van der Waals surface area contributed by atoms with Gasteiger partial charge in [-0.25, -0.2) is 0 Å². The highest BCUT2D eigenvalue weighted by Crippen LogP contribution is 2.36. The average Bonchev–Trinajstić information content (AvgIpc) is 2.38. The molecule has 0 amide bonds. The van der Waals surface area contributed by atoms with Crippen LogP contribution >= 0.6 is 39.1 Å². The third kappa shape index (κ3) is 3.63. The third-order valence-electron chi connectivity index (χ3n) is 2.58. The SMILES string of the molecule is NCCc1ccc(Br)cc1Oc1cccc(Cl)c1Cl. The fourth-order valence-electron chi connectivity index (χ4n) is 1.67. The summed E-state index contributed by atoms with van der Waals surface area (Å²) in [7, 11) is 0. The average molecular weight is 361 g/mol. The van der Waals surface area contributed by atoms with Crippen molar-refractivity contribution in [1.82, 2.24) is 0 Å². The minimum absolute atomic E-state index is 0.405. The van der Waals surface area contributed by atoms with Gasteiger partial charge in [0, 0.05) is 4.47 Å². The molecule has 0 heterocycles. The molecule has 0 atom stereocenters. The van der Waals surface area contributed by atoms with E-state index in [2.05, 4.69) is 15.9 Å². The highest BCUT2D eigenvalue weighted by molar-refractivity contribution is 9.10. The van der Waals surface area contributed by atoms with Gasteiger partial charge in [0.15, 0.2) is 0 Å². The van der Waals surface area contributed by atoms with Crippen LogP contribution in [0.2, 0.25) is 10.0 Å². The first kappa shape index (κ1) is 14.7. The number of rotatable bonds is 4. The van der Waals surface area contributed by atoms with E-state index in [1.54, 1.807) is 18.2 Å². The molecule has 2 aromatic rings. The Balaban J connectivity index is 2.36. The van der Waals surface area contributed by atoms with Crippen LogP contribution in [0.15, 0.2) is 40.9 Å². The fraction of sp³-hybridized carbons (Fsp3) is 0.143. The van der Waals surface area contributed by atoms with Crippen LogP contribution in [0, 0.1) is 0 Å².